The van der Waals surface area contributed by atoms with Crippen LogP contribution in [-0.4, -0.2) is 82.6 Å². The SMILES string of the molecule is COc1ccc(N2CC(C(=O)N3CCN(S(C)(=O)=O)CC3)CC2=O)c(OC)c1. The summed E-state index contributed by atoms with van der Waals surface area (Å²) in [5.74, 6) is 0.406. The van der Waals surface area contributed by atoms with Crippen LogP contribution in [0.5, 0.6) is 11.5 Å². The van der Waals surface area contributed by atoms with Gasteiger partial charge >= 0.3 is 0 Å². The van der Waals surface area contributed by atoms with Gasteiger partial charge in [-0.3, -0.25) is 9.59 Å². The number of hydrogen-bond donors (Lipinski definition) is 0. The van der Waals surface area contributed by atoms with Gasteiger partial charge in [-0.25, -0.2) is 8.42 Å². The highest BCUT2D eigenvalue weighted by molar-refractivity contribution is 7.88. The Bertz CT molecular complexity index is 864. The summed E-state index contributed by atoms with van der Waals surface area (Å²) < 4.78 is 35.2. The number of ether oxygens (including phenoxy) is 2. The summed E-state index contributed by atoms with van der Waals surface area (Å²) in [6, 6.07) is 5.18. The maximum atomic E-state index is 12.9. The number of hydrogen-bond acceptors (Lipinski definition) is 6. The second-order valence-corrected chi connectivity index (χ2v) is 8.91. The van der Waals surface area contributed by atoms with Crippen molar-refractivity contribution in [1.29, 1.82) is 0 Å². The molecule has 2 heterocycles. The van der Waals surface area contributed by atoms with Crippen molar-refractivity contribution in [2.24, 2.45) is 5.92 Å². The second kappa shape index (κ2) is 7.96. The van der Waals surface area contributed by atoms with E-state index >= 15 is 0 Å². The molecule has 1 atom stereocenters. The molecular formula is C18H25N3O6S. The van der Waals surface area contributed by atoms with E-state index in [-0.39, 0.29) is 37.9 Å². The molecule has 9 nitrogen and oxygen atoms in total. The summed E-state index contributed by atoms with van der Waals surface area (Å²) in [5, 5.41) is 0. The fourth-order valence-corrected chi connectivity index (χ4v) is 4.44. The van der Waals surface area contributed by atoms with Gasteiger partial charge in [0.05, 0.1) is 32.1 Å². The number of nitrogens with zero attached hydrogens (tertiary/aromatic N) is 3. The molecule has 1 aromatic rings. The normalized spacial score (nSPS) is 21.1. The third-order valence-corrected chi connectivity index (χ3v) is 6.47. The van der Waals surface area contributed by atoms with E-state index in [0.717, 1.165) is 0 Å². The molecule has 1 unspecified atom stereocenters. The molecule has 0 N–H and O–H groups in total. The lowest BCUT2D eigenvalue weighted by Gasteiger charge is -2.34. The largest absolute Gasteiger partial charge is 0.497 e. The molecule has 3 rings (SSSR count). The zero-order chi connectivity index (χ0) is 20.5. The Balaban J connectivity index is 1.69. The minimum absolute atomic E-state index is 0.114. The number of carbonyl (C=O) groups is 2. The van der Waals surface area contributed by atoms with E-state index in [1.807, 2.05) is 0 Å². The highest BCUT2D eigenvalue weighted by Crippen LogP contribution is 2.36. The van der Waals surface area contributed by atoms with E-state index in [2.05, 4.69) is 0 Å². The average molecular weight is 411 g/mol. The molecule has 2 fully saturated rings. The third-order valence-electron chi connectivity index (χ3n) is 5.17. The van der Waals surface area contributed by atoms with E-state index in [9.17, 15) is 18.0 Å². The Morgan fingerprint density at radius 2 is 1.79 bits per heavy atom. The molecule has 0 saturated carbocycles. The van der Waals surface area contributed by atoms with Crippen molar-refractivity contribution in [1.82, 2.24) is 9.21 Å². The van der Waals surface area contributed by atoms with E-state index in [1.54, 1.807) is 35.1 Å². The topological polar surface area (TPSA) is 96.5 Å². The van der Waals surface area contributed by atoms with Crippen LogP contribution in [0.4, 0.5) is 5.69 Å². The fourth-order valence-electron chi connectivity index (χ4n) is 3.61. The summed E-state index contributed by atoms with van der Waals surface area (Å²) in [7, 11) is -0.186. The number of benzene rings is 1. The van der Waals surface area contributed by atoms with Crippen LogP contribution < -0.4 is 14.4 Å². The van der Waals surface area contributed by atoms with Crippen LogP contribution in [0.3, 0.4) is 0 Å². The molecule has 10 heteroatoms. The van der Waals surface area contributed by atoms with Gasteiger partial charge in [0.2, 0.25) is 21.8 Å². The summed E-state index contributed by atoms with van der Waals surface area (Å²) in [5.41, 5.74) is 0.602. The first kappa shape index (κ1) is 20.4. The van der Waals surface area contributed by atoms with Crippen LogP contribution in [0, 0.1) is 5.92 Å². The van der Waals surface area contributed by atoms with Crippen LogP contribution >= 0.6 is 0 Å². The van der Waals surface area contributed by atoms with Crippen molar-refractivity contribution in [2.45, 2.75) is 6.42 Å². The number of piperazine rings is 1. The van der Waals surface area contributed by atoms with Gasteiger partial charge in [0.15, 0.2) is 0 Å². The highest BCUT2D eigenvalue weighted by atomic mass is 32.2. The van der Waals surface area contributed by atoms with Crippen molar-refractivity contribution in [3.05, 3.63) is 18.2 Å². The molecule has 0 radical (unpaired) electrons. The molecule has 0 bridgehead atoms. The zero-order valence-corrected chi connectivity index (χ0v) is 17.1. The van der Waals surface area contributed by atoms with Crippen LogP contribution in [0.15, 0.2) is 18.2 Å². The minimum atomic E-state index is -3.25. The maximum Gasteiger partial charge on any atom is 0.228 e. The molecule has 154 valence electrons. The first-order valence-electron chi connectivity index (χ1n) is 9.01. The monoisotopic (exact) mass is 411 g/mol. The second-order valence-electron chi connectivity index (χ2n) is 6.93. The van der Waals surface area contributed by atoms with Crippen molar-refractivity contribution in [2.75, 3.05) is 58.1 Å². The first-order chi connectivity index (χ1) is 13.2. The Hall–Kier alpha value is -2.33. The van der Waals surface area contributed by atoms with Crippen molar-refractivity contribution in [3.8, 4) is 11.5 Å². The Labute approximate surface area is 164 Å². The van der Waals surface area contributed by atoms with Gasteiger partial charge in [-0.15, -0.1) is 0 Å². The lowest BCUT2D eigenvalue weighted by atomic mass is 10.1. The smallest absolute Gasteiger partial charge is 0.228 e. The molecule has 2 amide bonds. The van der Waals surface area contributed by atoms with Gasteiger partial charge in [-0.2, -0.15) is 4.31 Å². The van der Waals surface area contributed by atoms with Gasteiger partial charge in [0, 0.05) is 45.2 Å². The molecular weight excluding hydrogens is 386 g/mol. The Morgan fingerprint density at radius 1 is 1.11 bits per heavy atom. The molecule has 2 aliphatic heterocycles. The zero-order valence-electron chi connectivity index (χ0n) is 16.3. The fraction of sp³-hybridized carbons (Fsp3) is 0.556. The molecule has 0 aliphatic carbocycles. The summed E-state index contributed by atoms with van der Waals surface area (Å²) in [6.45, 7) is 1.50. The lowest BCUT2D eigenvalue weighted by Crippen LogP contribution is -2.51. The molecule has 2 saturated heterocycles. The van der Waals surface area contributed by atoms with Crippen molar-refractivity contribution in [3.63, 3.8) is 0 Å². The van der Waals surface area contributed by atoms with Crippen LogP contribution in [0.25, 0.3) is 0 Å². The third kappa shape index (κ3) is 4.07. The number of anilines is 1. The van der Waals surface area contributed by atoms with Gasteiger partial charge < -0.3 is 19.3 Å². The van der Waals surface area contributed by atoms with Crippen LogP contribution in [0.2, 0.25) is 0 Å². The lowest BCUT2D eigenvalue weighted by molar-refractivity contribution is -0.136. The summed E-state index contributed by atoms with van der Waals surface area (Å²) >= 11 is 0. The molecule has 0 spiro atoms. The number of sulfonamides is 1. The standard InChI is InChI=1S/C18H25N3O6S/c1-26-14-4-5-15(16(11-14)27-2)21-12-13(10-17(21)22)18(23)19-6-8-20(9-7-19)28(3,24)25/h4-5,11,13H,6-10,12H2,1-3H3. The number of amides is 2. The molecule has 2 aliphatic rings. The van der Waals surface area contributed by atoms with Crippen LogP contribution in [-0.2, 0) is 19.6 Å². The predicted molar refractivity (Wildman–Crippen MR) is 103 cm³/mol. The highest BCUT2D eigenvalue weighted by Gasteiger charge is 2.39. The maximum absolute atomic E-state index is 12.9. The van der Waals surface area contributed by atoms with E-state index in [1.165, 1.54) is 17.7 Å². The van der Waals surface area contributed by atoms with Gasteiger partial charge in [0.25, 0.3) is 0 Å². The number of carbonyl (C=O) groups excluding carboxylic acids is 2. The summed E-state index contributed by atoms with van der Waals surface area (Å²) in [4.78, 5) is 28.6. The predicted octanol–water partition coefficient (Wildman–Crippen LogP) is 0.161. The summed E-state index contributed by atoms with van der Waals surface area (Å²) in [6.07, 6.45) is 1.29. The average Bonchev–Trinajstić information content (AvgIpc) is 3.07. The first-order valence-corrected chi connectivity index (χ1v) is 10.9. The molecule has 0 aromatic heterocycles. The Morgan fingerprint density at radius 3 is 2.36 bits per heavy atom. The molecule has 1 aromatic carbocycles. The van der Waals surface area contributed by atoms with Crippen molar-refractivity contribution < 1.29 is 27.5 Å². The van der Waals surface area contributed by atoms with E-state index in [4.69, 9.17) is 9.47 Å². The number of methoxy groups -OCH3 is 2. The van der Waals surface area contributed by atoms with Gasteiger partial charge in [0.1, 0.15) is 11.5 Å². The van der Waals surface area contributed by atoms with E-state index < -0.39 is 15.9 Å². The quantitative estimate of drug-likeness (QED) is 0.685. The van der Waals surface area contributed by atoms with Gasteiger partial charge in [-0.1, -0.05) is 0 Å². The van der Waals surface area contributed by atoms with Crippen molar-refractivity contribution >= 4 is 27.5 Å². The Kier molecular flexibility index (Phi) is 5.80. The van der Waals surface area contributed by atoms with Crippen LogP contribution in [0.1, 0.15) is 6.42 Å². The molecule has 28 heavy (non-hydrogen) atoms. The number of rotatable bonds is 5. The minimum Gasteiger partial charge on any atom is -0.497 e. The van der Waals surface area contributed by atoms with Gasteiger partial charge in [-0.05, 0) is 12.1 Å². The van der Waals surface area contributed by atoms with E-state index in [0.29, 0.717) is 30.3 Å².